The van der Waals surface area contributed by atoms with Crippen molar-refractivity contribution in [2.75, 3.05) is 23.8 Å². The molecule has 0 saturated carbocycles. The monoisotopic (exact) mass is 610 g/mol. The molecule has 3 heterocycles. The van der Waals surface area contributed by atoms with Crippen molar-refractivity contribution >= 4 is 63.3 Å². The lowest BCUT2D eigenvalue weighted by molar-refractivity contribution is -0.122. The van der Waals surface area contributed by atoms with Crippen molar-refractivity contribution in [3.05, 3.63) is 123 Å². The molecule has 10 heteroatoms. The number of halogens is 1. The van der Waals surface area contributed by atoms with Crippen molar-refractivity contribution in [2.45, 2.75) is 18.4 Å². The van der Waals surface area contributed by atoms with Crippen LogP contribution in [0, 0.1) is 11.3 Å². The zero-order valence-electron chi connectivity index (χ0n) is 23.0. The average molecular weight is 611 g/mol. The highest BCUT2D eigenvalue weighted by Gasteiger charge is 2.39. The summed E-state index contributed by atoms with van der Waals surface area (Å²) >= 11 is 9.15. The third-order valence-corrected chi connectivity index (χ3v) is 8.98. The van der Waals surface area contributed by atoms with E-state index in [0.29, 0.717) is 39.4 Å². The summed E-state index contributed by atoms with van der Waals surface area (Å²) in [7, 11) is 1.95. The van der Waals surface area contributed by atoms with Gasteiger partial charge in [-0.05, 0) is 72.8 Å². The van der Waals surface area contributed by atoms with Crippen molar-refractivity contribution in [1.29, 1.82) is 5.26 Å². The number of benzene rings is 3. The molecule has 4 aromatic rings. The lowest BCUT2D eigenvalue weighted by Crippen LogP contribution is -2.29. The number of anilines is 2. The van der Waals surface area contributed by atoms with E-state index < -0.39 is 0 Å². The molecule has 2 aliphatic heterocycles. The third-order valence-electron chi connectivity index (χ3n) is 6.31. The van der Waals surface area contributed by atoms with Crippen LogP contribution in [-0.4, -0.2) is 34.6 Å². The quantitative estimate of drug-likeness (QED) is 0.230. The van der Waals surface area contributed by atoms with Gasteiger partial charge in [-0.15, -0.1) is 0 Å². The van der Waals surface area contributed by atoms with Gasteiger partial charge in [0.1, 0.15) is 4.91 Å². The minimum absolute atomic E-state index is 0.0997. The molecule has 0 atom stereocenters. The molecule has 7 nitrogen and oxygen atoms in total. The van der Waals surface area contributed by atoms with E-state index in [2.05, 4.69) is 16.4 Å². The van der Waals surface area contributed by atoms with Gasteiger partial charge in [-0.3, -0.25) is 14.7 Å². The Labute approximate surface area is 258 Å². The predicted octanol–water partition coefficient (Wildman–Crippen LogP) is 7.90. The highest BCUT2D eigenvalue weighted by Crippen LogP contribution is 2.51. The number of hydrogen-bond donors (Lipinski definition) is 1. The number of amides is 1. The molecular formula is C32H27ClN6OS2. The number of thioether (sulfide) groups is 2. The molecule has 2 aliphatic rings. The van der Waals surface area contributed by atoms with Gasteiger partial charge < -0.3 is 10.2 Å². The highest BCUT2D eigenvalue weighted by molar-refractivity contribution is 8.19. The van der Waals surface area contributed by atoms with E-state index in [1.807, 2.05) is 91.7 Å². The normalized spacial score (nSPS) is 16.6. The number of nitrogens with zero attached hydrogens (tertiary/aromatic N) is 5. The van der Waals surface area contributed by atoms with Gasteiger partial charge in [0, 0.05) is 35.9 Å². The molecule has 0 aliphatic carbocycles. The number of fused-ring (bicyclic) bond motifs is 1. The first-order valence-electron chi connectivity index (χ1n) is 13.2. The largest absolute Gasteiger partial charge is 0.384 e. The molecule has 1 N–H and O–H groups in total. The van der Waals surface area contributed by atoms with Crippen molar-refractivity contribution in [3.8, 4) is 6.07 Å². The first kappa shape index (κ1) is 29.3. The Hall–Kier alpha value is -4.23. The standard InChI is InChI=1S/C27H22ClN5OS2.C5H5N/c1-3-30-20-11-9-18(15-29)13-21(20)31-27-33(16-17-7-5-4-6-8-17)25(34)24(36-27)26-32(2)22-14-19(28)10-12-23(22)35-26;1-2-4-6-5-3-1/h4-14,30H,3,16H2,1-2H3;1-5H/b26-24-,31-27?;. The molecule has 1 saturated heterocycles. The van der Waals surface area contributed by atoms with E-state index in [4.69, 9.17) is 16.6 Å². The maximum Gasteiger partial charge on any atom is 0.269 e. The maximum atomic E-state index is 13.8. The van der Waals surface area contributed by atoms with E-state index in [-0.39, 0.29) is 5.91 Å². The van der Waals surface area contributed by atoms with Gasteiger partial charge >= 0.3 is 0 Å². The Morgan fingerprint density at radius 1 is 1.00 bits per heavy atom. The Bertz CT molecular complexity index is 1660. The lowest BCUT2D eigenvalue weighted by atomic mass is 10.2. The summed E-state index contributed by atoms with van der Waals surface area (Å²) in [6, 6.07) is 28.9. The van der Waals surface area contributed by atoms with Gasteiger partial charge in [-0.2, -0.15) is 5.26 Å². The van der Waals surface area contributed by atoms with Crippen LogP contribution in [0.4, 0.5) is 17.1 Å². The van der Waals surface area contributed by atoms with Gasteiger partial charge in [0.05, 0.1) is 40.3 Å². The van der Waals surface area contributed by atoms with E-state index in [9.17, 15) is 10.1 Å². The van der Waals surface area contributed by atoms with Crippen LogP contribution in [0.3, 0.4) is 0 Å². The Morgan fingerprint density at radius 3 is 2.43 bits per heavy atom. The molecule has 1 aromatic heterocycles. The van der Waals surface area contributed by atoms with Gasteiger partial charge in [0.2, 0.25) is 0 Å². The molecule has 210 valence electrons. The van der Waals surface area contributed by atoms with Crippen LogP contribution in [0.2, 0.25) is 5.02 Å². The summed E-state index contributed by atoms with van der Waals surface area (Å²) in [6.45, 7) is 3.11. The number of aromatic nitrogens is 1. The molecule has 42 heavy (non-hydrogen) atoms. The number of nitriles is 1. The Balaban J connectivity index is 0.000000524. The van der Waals surface area contributed by atoms with E-state index >= 15 is 0 Å². The molecule has 0 spiro atoms. The van der Waals surface area contributed by atoms with Crippen LogP contribution in [0.25, 0.3) is 0 Å². The predicted molar refractivity (Wildman–Crippen MR) is 174 cm³/mol. The van der Waals surface area contributed by atoms with E-state index in [1.165, 1.54) is 11.8 Å². The molecule has 0 bridgehead atoms. The van der Waals surface area contributed by atoms with Crippen LogP contribution < -0.4 is 10.2 Å². The summed E-state index contributed by atoms with van der Waals surface area (Å²) in [5, 5.41) is 14.8. The minimum Gasteiger partial charge on any atom is -0.384 e. The maximum absolute atomic E-state index is 13.8. The molecular weight excluding hydrogens is 584 g/mol. The Kier molecular flexibility index (Phi) is 9.49. The number of amidine groups is 1. The fourth-order valence-electron chi connectivity index (χ4n) is 4.29. The van der Waals surface area contributed by atoms with E-state index in [0.717, 1.165) is 26.9 Å². The van der Waals surface area contributed by atoms with Crippen LogP contribution in [0.15, 0.2) is 117 Å². The Morgan fingerprint density at radius 2 is 1.76 bits per heavy atom. The van der Waals surface area contributed by atoms with Crippen molar-refractivity contribution < 1.29 is 4.79 Å². The summed E-state index contributed by atoms with van der Waals surface area (Å²) in [4.78, 5) is 27.9. The number of rotatable bonds is 5. The number of pyridine rings is 1. The zero-order chi connectivity index (χ0) is 29.5. The van der Waals surface area contributed by atoms with Gasteiger partial charge in [0.25, 0.3) is 5.91 Å². The third kappa shape index (κ3) is 6.63. The molecule has 1 amide bonds. The second-order valence-electron chi connectivity index (χ2n) is 9.18. The SMILES string of the molecule is CCNc1ccc(C#N)cc1N=C1S/C(=C2\Sc3ccc(Cl)cc3N2C)C(=O)N1Cc1ccccc1.c1ccncc1. The molecule has 6 rings (SSSR count). The lowest BCUT2D eigenvalue weighted by Gasteiger charge is -2.17. The minimum atomic E-state index is -0.0997. The van der Waals surface area contributed by atoms with Gasteiger partial charge in [-0.1, -0.05) is 59.8 Å². The summed E-state index contributed by atoms with van der Waals surface area (Å²) in [6.07, 6.45) is 3.50. The fraction of sp³-hybridized carbons (Fsp3) is 0.125. The number of carbonyl (C=O) groups excluding carboxylic acids is 1. The molecule has 3 aromatic carbocycles. The summed E-state index contributed by atoms with van der Waals surface area (Å²) in [5.41, 5.74) is 3.92. The summed E-state index contributed by atoms with van der Waals surface area (Å²) in [5.74, 6) is -0.0997. The second-order valence-corrected chi connectivity index (χ2v) is 11.6. The van der Waals surface area contributed by atoms with Crippen LogP contribution >= 0.6 is 35.1 Å². The number of aliphatic imine (C=N–C) groups is 1. The molecule has 0 unspecified atom stereocenters. The molecule has 0 radical (unpaired) electrons. The highest BCUT2D eigenvalue weighted by atomic mass is 35.5. The van der Waals surface area contributed by atoms with Crippen LogP contribution in [0.1, 0.15) is 18.1 Å². The average Bonchev–Trinajstić information content (AvgIpc) is 3.50. The summed E-state index contributed by atoms with van der Waals surface area (Å²) < 4.78 is 0. The second kappa shape index (κ2) is 13.6. The topological polar surface area (TPSA) is 84.6 Å². The smallest absolute Gasteiger partial charge is 0.269 e. The van der Waals surface area contributed by atoms with Gasteiger partial charge in [0.15, 0.2) is 5.17 Å². The number of hydrogen-bond acceptors (Lipinski definition) is 8. The zero-order valence-corrected chi connectivity index (χ0v) is 25.4. The number of carbonyl (C=O) groups is 1. The van der Waals surface area contributed by atoms with Crippen LogP contribution in [0.5, 0.6) is 0 Å². The number of nitrogens with one attached hydrogen (secondary N) is 1. The van der Waals surface area contributed by atoms with Crippen molar-refractivity contribution in [2.24, 2.45) is 4.99 Å². The van der Waals surface area contributed by atoms with E-state index in [1.54, 1.807) is 41.2 Å². The van der Waals surface area contributed by atoms with Gasteiger partial charge in [-0.25, -0.2) is 4.99 Å². The fourth-order valence-corrected chi connectivity index (χ4v) is 6.77. The van der Waals surface area contributed by atoms with Crippen LogP contribution in [-0.2, 0) is 11.3 Å². The van der Waals surface area contributed by atoms with Crippen molar-refractivity contribution in [1.82, 2.24) is 9.88 Å². The first-order chi connectivity index (χ1) is 20.5. The first-order valence-corrected chi connectivity index (χ1v) is 15.2. The molecule has 1 fully saturated rings. The van der Waals surface area contributed by atoms with Crippen molar-refractivity contribution in [3.63, 3.8) is 0 Å².